The van der Waals surface area contributed by atoms with Crippen LogP contribution in [0, 0.1) is 12.8 Å². The number of amides is 2. The molecule has 0 saturated heterocycles. The molecule has 1 aromatic carbocycles. The molecule has 3 rings (SSSR count). The monoisotopic (exact) mass is 319 g/mol. The van der Waals surface area contributed by atoms with Crippen LogP contribution in [0.5, 0.6) is 0 Å². The molecule has 2 amide bonds. The summed E-state index contributed by atoms with van der Waals surface area (Å²) in [5, 5.41) is 10.1. The lowest BCUT2D eigenvalue weighted by atomic mass is 10.0. The standard InChI is InChI=1S/C14H14ClN5O2/c1-8-16-14-18-13(22)9(7-20(14)19-8)5-12(21)17-11-4-2-3-10(15)6-11/h2-4,6,9H,5,7H2,1H3,(H,17,21)(H,16,18,19,22)/t9-/m0/s1. The highest BCUT2D eigenvalue weighted by molar-refractivity contribution is 6.30. The van der Waals surface area contributed by atoms with Crippen LogP contribution in [-0.2, 0) is 16.1 Å². The van der Waals surface area contributed by atoms with Gasteiger partial charge in [-0.15, -0.1) is 0 Å². The summed E-state index contributed by atoms with van der Waals surface area (Å²) in [5.74, 6) is 0.0601. The third-order valence-electron chi connectivity index (χ3n) is 3.32. The zero-order valence-electron chi connectivity index (χ0n) is 11.8. The zero-order chi connectivity index (χ0) is 15.7. The Morgan fingerprint density at radius 1 is 1.55 bits per heavy atom. The summed E-state index contributed by atoms with van der Waals surface area (Å²) in [7, 11) is 0. The van der Waals surface area contributed by atoms with E-state index < -0.39 is 5.92 Å². The summed E-state index contributed by atoms with van der Waals surface area (Å²) in [6, 6.07) is 6.86. The molecule has 1 aliphatic heterocycles. The number of hydrogen-bond acceptors (Lipinski definition) is 4. The SMILES string of the molecule is Cc1nc2n(n1)C[C@H](CC(=O)Nc1cccc(Cl)c1)C(=O)N2. The number of carbonyl (C=O) groups is 2. The van der Waals surface area contributed by atoms with Crippen LogP contribution in [0.4, 0.5) is 11.6 Å². The predicted molar refractivity (Wildman–Crippen MR) is 81.6 cm³/mol. The molecule has 1 atom stereocenters. The molecule has 0 fully saturated rings. The van der Waals surface area contributed by atoms with Gasteiger partial charge in [-0.05, 0) is 25.1 Å². The van der Waals surface area contributed by atoms with Crippen molar-refractivity contribution < 1.29 is 9.59 Å². The fraction of sp³-hybridized carbons (Fsp3) is 0.286. The minimum absolute atomic E-state index is 0.0662. The molecule has 2 heterocycles. The van der Waals surface area contributed by atoms with E-state index in [2.05, 4.69) is 20.7 Å². The van der Waals surface area contributed by atoms with E-state index in [1.807, 2.05) is 0 Å². The number of aryl methyl sites for hydroxylation is 1. The largest absolute Gasteiger partial charge is 0.326 e. The molecule has 0 saturated carbocycles. The average Bonchev–Trinajstić information content (AvgIpc) is 2.78. The third-order valence-corrected chi connectivity index (χ3v) is 3.55. The number of hydrogen-bond donors (Lipinski definition) is 2. The Balaban J connectivity index is 1.65. The number of rotatable bonds is 3. The number of nitrogens with one attached hydrogen (secondary N) is 2. The van der Waals surface area contributed by atoms with Crippen LogP contribution in [0.15, 0.2) is 24.3 Å². The molecule has 0 spiro atoms. The number of benzene rings is 1. The molecule has 1 aliphatic rings. The summed E-state index contributed by atoms with van der Waals surface area (Å²) >= 11 is 5.87. The maximum atomic E-state index is 12.1. The number of halogens is 1. The lowest BCUT2D eigenvalue weighted by Crippen LogP contribution is -2.36. The molecular formula is C14H14ClN5O2. The number of carbonyl (C=O) groups excluding carboxylic acids is 2. The van der Waals surface area contributed by atoms with Crippen molar-refractivity contribution >= 4 is 35.1 Å². The minimum Gasteiger partial charge on any atom is -0.326 e. The fourth-order valence-corrected chi connectivity index (χ4v) is 2.53. The van der Waals surface area contributed by atoms with Crippen LogP contribution in [0.3, 0.4) is 0 Å². The fourth-order valence-electron chi connectivity index (χ4n) is 2.34. The first-order valence-electron chi connectivity index (χ1n) is 6.79. The first kappa shape index (κ1) is 14.5. The topological polar surface area (TPSA) is 88.9 Å². The van der Waals surface area contributed by atoms with Crippen molar-refractivity contribution in [2.45, 2.75) is 19.9 Å². The summed E-state index contributed by atoms with van der Waals surface area (Å²) < 4.78 is 1.61. The molecule has 2 aromatic rings. The van der Waals surface area contributed by atoms with Crippen LogP contribution in [0.1, 0.15) is 12.2 Å². The Morgan fingerprint density at radius 3 is 3.14 bits per heavy atom. The van der Waals surface area contributed by atoms with Crippen LogP contribution in [0.25, 0.3) is 0 Å². The van der Waals surface area contributed by atoms with Gasteiger partial charge in [-0.25, -0.2) is 4.68 Å². The van der Waals surface area contributed by atoms with Crippen molar-refractivity contribution in [2.75, 3.05) is 10.6 Å². The van der Waals surface area contributed by atoms with Gasteiger partial charge in [0.2, 0.25) is 17.8 Å². The van der Waals surface area contributed by atoms with Gasteiger partial charge in [0, 0.05) is 17.1 Å². The van der Waals surface area contributed by atoms with E-state index in [-0.39, 0.29) is 18.2 Å². The second kappa shape index (κ2) is 5.76. The molecule has 8 heteroatoms. The van der Waals surface area contributed by atoms with E-state index in [1.165, 1.54) is 0 Å². The van der Waals surface area contributed by atoms with Crippen LogP contribution in [-0.4, -0.2) is 26.6 Å². The van der Waals surface area contributed by atoms with Gasteiger partial charge in [0.25, 0.3) is 0 Å². The van der Waals surface area contributed by atoms with Gasteiger partial charge < -0.3 is 5.32 Å². The normalized spacial score (nSPS) is 16.8. The van der Waals surface area contributed by atoms with Crippen LogP contribution in [0.2, 0.25) is 5.02 Å². The average molecular weight is 320 g/mol. The van der Waals surface area contributed by atoms with E-state index >= 15 is 0 Å². The van der Waals surface area contributed by atoms with Crippen molar-refractivity contribution in [1.29, 1.82) is 0 Å². The van der Waals surface area contributed by atoms with E-state index in [1.54, 1.807) is 35.9 Å². The Hall–Kier alpha value is -2.41. The van der Waals surface area contributed by atoms with Gasteiger partial charge in [0.15, 0.2) is 0 Å². The minimum atomic E-state index is -0.479. The van der Waals surface area contributed by atoms with Gasteiger partial charge >= 0.3 is 0 Å². The van der Waals surface area contributed by atoms with Gasteiger partial charge in [0.1, 0.15) is 5.82 Å². The lowest BCUT2D eigenvalue weighted by molar-refractivity contribution is -0.125. The molecule has 0 aliphatic carbocycles. The summed E-state index contributed by atoms with van der Waals surface area (Å²) in [6.07, 6.45) is 0.0662. The number of nitrogens with zero attached hydrogens (tertiary/aromatic N) is 3. The summed E-state index contributed by atoms with van der Waals surface area (Å²) in [5.41, 5.74) is 0.603. The maximum absolute atomic E-state index is 12.1. The van der Waals surface area contributed by atoms with Crippen molar-refractivity contribution in [3.8, 4) is 0 Å². The van der Waals surface area contributed by atoms with Gasteiger partial charge in [-0.3, -0.25) is 14.9 Å². The van der Waals surface area contributed by atoms with Crippen molar-refractivity contribution in [3.05, 3.63) is 35.1 Å². The van der Waals surface area contributed by atoms with Gasteiger partial charge in [-0.2, -0.15) is 10.1 Å². The molecule has 7 nitrogen and oxygen atoms in total. The second-order valence-electron chi connectivity index (χ2n) is 5.11. The summed E-state index contributed by atoms with van der Waals surface area (Å²) in [4.78, 5) is 28.2. The number of aromatic nitrogens is 3. The molecule has 0 unspecified atom stereocenters. The molecule has 1 aromatic heterocycles. The maximum Gasteiger partial charge on any atom is 0.232 e. The Bertz CT molecular complexity index is 743. The van der Waals surface area contributed by atoms with E-state index in [0.29, 0.717) is 29.0 Å². The van der Waals surface area contributed by atoms with Crippen molar-refractivity contribution in [3.63, 3.8) is 0 Å². The molecule has 0 radical (unpaired) electrons. The summed E-state index contributed by atoms with van der Waals surface area (Å²) in [6.45, 7) is 2.09. The Morgan fingerprint density at radius 2 is 2.36 bits per heavy atom. The van der Waals surface area contributed by atoms with Crippen molar-refractivity contribution in [2.24, 2.45) is 5.92 Å². The highest BCUT2D eigenvalue weighted by Crippen LogP contribution is 2.20. The molecular weight excluding hydrogens is 306 g/mol. The molecule has 0 bridgehead atoms. The van der Waals surface area contributed by atoms with Gasteiger partial charge in [-0.1, -0.05) is 17.7 Å². The third kappa shape index (κ3) is 3.09. The van der Waals surface area contributed by atoms with Crippen LogP contribution < -0.4 is 10.6 Å². The zero-order valence-corrected chi connectivity index (χ0v) is 12.6. The highest BCUT2D eigenvalue weighted by atomic mass is 35.5. The highest BCUT2D eigenvalue weighted by Gasteiger charge is 2.29. The van der Waals surface area contributed by atoms with E-state index in [4.69, 9.17) is 11.6 Å². The first-order chi connectivity index (χ1) is 10.5. The van der Waals surface area contributed by atoms with E-state index in [0.717, 1.165) is 0 Å². The second-order valence-corrected chi connectivity index (χ2v) is 5.55. The number of anilines is 2. The van der Waals surface area contributed by atoms with E-state index in [9.17, 15) is 9.59 Å². The van der Waals surface area contributed by atoms with Gasteiger partial charge in [0.05, 0.1) is 12.5 Å². The van der Waals surface area contributed by atoms with Crippen LogP contribution >= 0.6 is 11.6 Å². The Labute approximate surface area is 131 Å². The Kier molecular flexibility index (Phi) is 3.81. The molecule has 22 heavy (non-hydrogen) atoms. The number of fused-ring (bicyclic) bond motifs is 1. The smallest absolute Gasteiger partial charge is 0.232 e. The molecule has 114 valence electrons. The lowest BCUT2D eigenvalue weighted by Gasteiger charge is -2.21. The quantitative estimate of drug-likeness (QED) is 0.903. The van der Waals surface area contributed by atoms with Crippen molar-refractivity contribution in [1.82, 2.24) is 14.8 Å². The first-order valence-corrected chi connectivity index (χ1v) is 7.17. The molecule has 2 N–H and O–H groups in total. The predicted octanol–water partition coefficient (Wildman–Crippen LogP) is 1.84.